The number of nitrogens with one attached hydrogen (secondary N) is 1. The normalized spacial score (nSPS) is 19.6. The van der Waals surface area contributed by atoms with Gasteiger partial charge in [0.2, 0.25) is 5.91 Å². The van der Waals surface area contributed by atoms with Gasteiger partial charge in [-0.05, 0) is 37.8 Å². The topological polar surface area (TPSA) is 82.5 Å². The average Bonchev–Trinajstić information content (AvgIpc) is 2.62. The van der Waals surface area contributed by atoms with E-state index in [2.05, 4.69) is 5.32 Å². The number of hydrogen-bond acceptors (Lipinski definition) is 4. The van der Waals surface area contributed by atoms with Crippen LogP contribution in [0.25, 0.3) is 0 Å². The van der Waals surface area contributed by atoms with E-state index in [1.54, 1.807) is 19.1 Å². The lowest BCUT2D eigenvalue weighted by molar-refractivity contribution is -0.129. The van der Waals surface area contributed by atoms with Gasteiger partial charge in [0.05, 0.1) is 5.56 Å². The first-order chi connectivity index (χ1) is 12.0. The summed E-state index contributed by atoms with van der Waals surface area (Å²) in [6.07, 6.45) is 7.54. The predicted octanol–water partition coefficient (Wildman–Crippen LogP) is 3.25. The van der Waals surface area contributed by atoms with Gasteiger partial charge in [-0.1, -0.05) is 19.3 Å². The second kappa shape index (κ2) is 7.85. The summed E-state index contributed by atoms with van der Waals surface area (Å²) in [5, 5.41) is 12.8. The molecule has 1 aliphatic heterocycles. The van der Waals surface area contributed by atoms with Crippen molar-refractivity contribution in [3.63, 3.8) is 0 Å². The molecular formula is C19H27N3O3. The highest BCUT2D eigenvalue weighted by molar-refractivity contribution is 5.88. The monoisotopic (exact) mass is 345 g/mol. The van der Waals surface area contributed by atoms with Crippen molar-refractivity contribution in [2.24, 2.45) is 0 Å². The van der Waals surface area contributed by atoms with Gasteiger partial charge in [-0.15, -0.1) is 0 Å². The number of nitrogens with zero attached hydrogens (tertiary/aromatic N) is 2. The molecule has 0 unspecified atom stereocenters. The van der Waals surface area contributed by atoms with E-state index in [0.29, 0.717) is 17.3 Å². The number of piperidine rings is 1. The van der Waals surface area contributed by atoms with Gasteiger partial charge < -0.3 is 15.3 Å². The van der Waals surface area contributed by atoms with E-state index in [1.165, 1.54) is 19.3 Å². The smallest absolute Gasteiger partial charge is 0.335 e. The fourth-order valence-corrected chi connectivity index (χ4v) is 3.90. The van der Waals surface area contributed by atoms with E-state index >= 15 is 0 Å². The van der Waals surface area contributed by atoms with Crippen molar-refractivity contribution in [3.8, 4) is 0 Å². The minimum absolute atomic E-state index is 0.115. The van der Waals surface area contributed by atoms with Crippen molar-refractivity contribution < 1.29 is 14.7 Å². The molecule has 1 aromatic rings. The van der Waals surface area contributed by atoms with Gasteiger partial charge in [-0.3, -0.25) is 4.79 Å². The molecule has 1 aromatic heterocycles. The molecule has 0 bridgehead atoms. The lowest BCUT2D eigenvalue weighted by Gasteiger charge is -2.32. The lowest BCUT2D eigenvalue weighted by Crippen LogP contribution is -2.41. The summed E-state index contributed by atoms with van der Waals surface area (Å²) < 4.78 is 0. The molecular weight excluding hydrogens is 318 g/mol. The first kappa shape index (κ1) is 17.7. The second-order valence-electron chi connectivity index (χ2n) is 7.23. The molecule has 2 fully saturated rings. The van der Waals surface area contributed by atoms with E-state index in [1.807, 2.05) is 4.90 Å². The third-order valence-corrected chi connectivity index (χ3v) is 5.41. The van der Waals surface area contributed by atoms with E-state index in [9.17, 15) is 14.7 Å². The summed E-state index contributed by atoms with van der Waals surface area (Å²) in [5.74, 6) is 0.229. The Balaban J connectivity index is 1.73. The van der Waals surface area contributed by atoms with Crippen LogP contribution in [0, 0.1) is 0 Å². The number of carboxylic acid groups (broad SMARTS) is 1. The largest absolute Gasteiger partial charge is 0.478 e. The van der Waals surface area contributed by atoms with Crippen LogP contribution in [-0.2, 0) is 4.79 Å². The zero-order valence-corrected chi connectivity index (χ0v) is 14.8. The summed E-state index contributed by atoms with van der Waals surface area (Å²) in [4.78, 5) is 29.5. The van der Waals surface area contributed by atoms with Crippen LogP contribution in [0.3, 0.4) is 0 Å². The Morgan fingerprint density at radius 1 is 1.12 bits per heavy atom. The van der Waals surface area contributed by atoms with Crippen molar-refractivity contribution in [2.75, 3.05) is 18.4 Å². The molecule has 1 saturated heterocycles. The molecule has 1 saturated carbocycles. The molecule has 0 atom stereocenters. The van der Waals surface area contributed by atoms with Crippen LogP contribution < -0.4 is 5.32 Å². The van der Waals surface area contributed by atoms with Crippen molar-refractivity contribution in [2.45, 2.75) is 63.8 Å². The van der Waals surface area contributed by atoms with Gasteiger partial charge in [0.15, 0.2) is 0 Å². The van der Waals surface area contributed by atoms with Crippen molar-refractivity contribution in [1.29, 1.82) is 0 Å². The van der Waals surface area contributed by atoms with Crippen molar-refractivity contribution in [1.82, 2.24) is 9.88 Å². The average molecular weight is 345 g/mol. The first-order valence-corrected chi connectivity index (χ1v) is 9.30. The predicted molar refractivity (Wildman–Crippen MR) is 95.9 cm³/mol. The summed E-state index contributed by atoms with van der Waals surface area (Å²) in [6, 6.07) is 3.60. The number of pyridine rings is 1. The zero-order chi connectivity index (χ0) is 17.8. The molecule has 25 heavy (non-hydrogen) atoms. The van der Waals surface area contributed by atoms with E-state index in [4.69, 9.17) is 4.98 Å². The quantitative estimate of drug-likeness (QED) is 0.875. The highest BCUT2D eigenvalue weighted by Gasteiger charge is 2.23. The maximum absolute atomic E-state index is 11.5. The molecule has 0 radical (unpaired) electrons. The minimum Gasteiger partial charge on any atom is -0.478 e. The van der Waals surface area contributed by atoms with Gasteiger partial charge in [-0.2, -0.15) is 0 Å². The Kier molecular flexibility index (Phi) is 5.56. The molecule has 2 N–H and O–H groups in total. The van der Waals surface area contributed by atoms with Crippen molar-refractivity contribution in [3.05, 3.63) is 23.4 Å². The van der Waals surface area contributed by atoms with Gasteiger partial charge in [0, 0.05) is 37.7 Å². The van der Waals surface area contributed by atoms with Crippen LogP contribution in [0.5, 0.6) is 0 Å². The summed E-state index contributed by atoms with van der Waals surface area (Å²) in [7, 11) is 0. The number of carbonyl (C=O) groups excluding carboxylic acids is 1. The molecule has 0 spiro atoms. The lowest BCUT2D eigenvalue weighted by atomic mass is 9.86. The summed E-state index contributed by atoms with van der Waals surface area (Å²) in [5.41, 5.74) is 1.21. The number of carbonyl (C=O) groups is 2. The number of aromatic nitrogens is 1. The van der Waals surface area contributed by atoms with Gasteiger partial charge in [0.1, 0.15) is 5.82 Å². The SMILES string of the molecule is CC(=O)N1CCC(Nc2cc(C(=O)O)cc(C3CCCCC3)n2)CC1. The molecule has 0 aromatic carbocycles. The highest BCUT2D eigenvalue weighted by Crippen LogP contribution is 2.33. The number of hydrogen-bond donors (Lipinski definition) is 2. The highest BCUT2D eigenvalue weighted by atomic mass is 16.4. The summed E-state index contributed by atoms with van der Waals surface area (Å²) >= 11 is 0. The molecule has 2 heterocycles. The third-order valence-electron chi connectivity index (χ3n) is 5.41. The third kappa shape index (κ3) is 4.50. The number of aromatic carboxylic acids is 1. The second-order valence-corrected chi connectivity index (χ2v) is 7.23. The fourth-order valence-electron chi connectivity index (χ4n) is 3.90. The molecule has 136 valence electrons. The van der Waals surface area contributed by atoms with Crippen LogP contribution in [-0.4, -0.2) is 46.0 Å². The Hall–Kier alpha value is -2.11. The Labute approximate surface area is 148 Å². The molecule has 6 heteroatoms. The maximum Gasteiger partial charge on any atom is 0.335 e. The van der Waals surface area contributed by atoms with Crippen molar-refractivity contribution >= 4 is 17.7 Å². The molecule has 3 rings (SSSR count). The maximum atomic E-state index is 11.5. The number of likely N-dealkylation sites (tertiary alicyclic amines) is 1. The van der Waals surface area contributed by atoms with E-state index in [-0.39, 0.29) is 11.9 Å². The van der Waals surface area contributed by atoms with Crippen LogP contribution >= 0.6 is 0 Å². The van der Waals surface area contributed by atoms with Gasteiger partial charge in [-0.25, -0.2) is 9.78 Å². The Morgan fingerprint density at radius 2 is 1.80 bits per heavy atom. The fraction of sp³-hybridized carbons (Fsp3) is 0.632. The van der Waals surface area contributed by atoms with Gasteiger partial charge in [0.25, 0.3) is 0 Å². The number of carboxylic acids is 1. The van der Waals surface area contributed by atoms with Crippen LogP contribution in [0.1, 0.15) is 73.8 Å². The number of anilines is 1. The van der Waals surface area contributed by atoms with Crippen LogP contribution in [0.4, 0.5) is 5.82 Å². The van der Waals surface area contributed by atoms with Crippen LogP contribution in [0.2, 0.25) is 0 Å². The first-order valence-electron chi connectivity index (χ1n) is 9.30. The Morgan fingerprint density at radius 3 is 2.40 bits per heavy atom. The molecule has 2 aliphatic rings. The van der Waals surface area contributed by atoms with Gasteiger partial charge >= 0.3 is 5.97 Å². The molecule has 1 aliphatic carbocycles. The minimum atomic E-state index is -0.908. The zero-order valence-electron chi connectivity index (χ0n) is 14.8. The summed E-state index contributed by atoms with van der Waals surface area (Å²) in [6.45, 7) is 3.07. The number of amides is 1. The molecule has 6 nitrogen and oxygen atoms in total. The van der Waals surface area contributed by atoms with Crippen LogP contribution in [0.15, 0.2) is 12.1 Å². The number of rotatable bonds is 4. The van der Waals surface area contributed by atoms with E-state index in [0.717, 1.165) is 44.5 Å². The molecule has 1 amide bonds. The van der Waals surface area contributed by atoms with E-state index < -0.39 is 5.97 Å². The standard InChI is InChI=1S/C19H27N3O3/c1-13(23)22-9-7-16(8-10-22)20-18-12-15(19(24)25)11-17(21-18)14-5-3-2-4-6-14/h11-12,14,16H,2-10H2,1H3,(H,20,21)(H,24,25). The Bertz CT molecular complexity index is 633.